The fraction of sp³-hybridized carbons (Fsp3) is 0.409. The van der Waals surface area contributed by atoms with Crippen LogP contribution in [-0.4, -0.2) is 19.0 Å². The van der Waals surface area contributed by atoms with Crippen LogP contribution in [0.4, 0.5) is 5.69 Å². The molecular weight excluding hydrogens is 324 g/mol. The number of ether oxygens (including phenoxy) is 1. The third-order valence-corrected chi connectivity index (χ3v) is 4.13. The molecule has 0 aliphatic rings. The Morgan fingerprint density at radius 1 is 0.923 bits per heavy atom. The Balaban J connectivity index is 1.62. The van der Waals surface area contributed by atoms with Crippen LogP contribution in [0.15, 0.2) is 54.6 Å². The second kappa shape index (κ2) is 12.1. The van der Waals surface area contributed by atoms with E-state index in [1.807, 2.05) is 54.6 Å². The van der Waals surface area contributed by atoms with Gasteiger partial charge in [0.05, 0.1) is 6.54 Å². The average molecular weight is 354 g/mol. The summed E-state index contributed by atoms with van der Waals surface area (Å²) in [5.74, 6) is 0.772. The number of carbonyl (C=O) groups is 1. The second-order valence-corrected chi connectivity index (χ2v) is 6.44. The Hall–Kier alpha value is -2.33. The summed E-state index contributed by atoms with van der Waals surface area (Å²) in [5.41, 5.74) is 1.91. The second-order valence-electron chi connectivity index (χ2n) is 6.44. The predicted molar refractivity (Wildman–Crippen MR) is 107 cm³/mol. The first-order valence-electron chi connectivity index (χ1n) is 9.55. The Bertz CT molecular complexity index is 626. The molecule has 0 bridgehead atoms. The summed E-state index contributed by atoms with van der Waals surface area (Å²) in [7, 11) is 0. The Labute approximate surface area is 157 Å². The Kier molecular flexibility index (Phi) is 9.30. The van der Waals surface area contributed by atoms with Crippen molar-refractivity contribution in [1.29, 1.82) is 0 Å². The van der Waals surface area contributed by atoms with Gasteiger partial charge in [0, 0.05) is 5.69 Å². The van der Waals surface area contributed by atoms with Crippen molar-refractivity contribution in [3.05, 3.63) is 60.2 Å². The summed E-state index contributed by atoms with van der Waals surface area (Å²) in [4.78, 5) is 11.9. The number of anilines is 1. The minimum absolute atomic E-state index is 0.0171. The van der Waals surface area contributed by atoms with Crippen molar-refractivity contribution in [3.8, 4) is 5.75 Å². The zero-order chi connectivity index (χ0) is 18.5. The highest BCUT2D eigenvalue weighted by Gasteiger charge is 2.02. The zero-order valence-corrected chi connectivity index (χ0v) is 15.7. The first-order chi connectivity index (χ1) is 12.8. The molecule has 0 aliphatic carbocycles. The molecule has 140 valence electrons. The minimum Gasteiger partial charge on any atom is -0.489 e. The SMILES string of the molecule is CCCCCCCNCC(=O)Nc1ccc(OCc2ccccc2)cc1. The lowest BCUT2D eigenvalue weighted by atomic mass is 10.1. The van der Waals surface area contributed by atoms with Crippen molar-refractivity contribution < 1.29 is 9.53 Å². The van der Waals surface area contributed by atoms with E-state index in [9.17, 15) is 4.79 Å². The summed E-state index contributed by atoms with van der Waals surface area (Å²) in [6, 6.07) is 17.5. The zero-order valence-electron chi connectivity index (χ0n) is 15.7. The van der Waals surface area contributed by atoms with Crippen molar-refractivity contribution in [2.45, 2.75) is 45.6 Å². The number of rotatable bonds is 12. The van der Waals surface area contributed by atoms with Crippen LogP contribution in [0, 0.1) is 0 Å². The molecule has 0 saturated carbocycles. The van der Waals surface area contributed by atoms with Crippen LogP contribution in [0.3, 0.4) is 0 Å². The number of hydrogen-bond donors (Lipinski definition) is 2. The molecule has 2 aromatic rings. The smallest absolute Gasteiger partial charge is 0.238 e. The van der Waals surface area contributed by atoms with Crippen LogP contribution in [0.2, 0.25) is 0 Å². The number of nitrogens with one attached hydrogen (secondary N) is 2. The topological polar surface area (TPSA) is 50.4 Å². The molecule has 2 aromatic carbocycles. The van der Waals surface area contributed by atoms with Crippen LogP contribution < -0.4 is 15.4 Å². The fourth-order valence-electron chi connectivity index (χ4n) is 2.64. The molecule has 0 unspecified atom stereocenters. The number of unbranched alkanes of at least 4 members (excludes halogenated alkanes) is 4. The minimum atomic E-state index is -0.0171. The maximum Gasteiger partial charge on any atom is 0.238 e. The third kappa shape index (κ3) is 8.17. The monoisotopic (exact) mass is 354 g/mol. The van der Waals surface area contributed by atoms with Gasteiger partial charge in [0.2, 0.25) is 5.91 Å². The summed E-state index contributed by atoms with van der Waals surface area (Å²) < 4.78 is 5.75. The van der Waals surface area contributed by atoms with Crippen molar-refractivity contribution in [2.75, 3.05) is 18.4 Å². The highest BCUT2D eigenvalue weighted by molar-refractivity contribution is 5.92. The van der Waals surface area contributed by atoms with Crippen LogP contribution in [0.5, 0.6) is 5.75 Å². The van der Waals surface area contributed by atoms with Gasteiger partial charge >= 0.3 is 0 Å². The van der Waals surface area contributed by atoms with Crippen molar-refractivity contribution >= 4 is 11.6 Å². The molecule has 4 heteroatoms. The van der Waals surface area contributed by atoms with E-state index in [1.165, 1.54) is 25.7 Å². The molecular formula is C22H30N2O2. The van der Waals surface area contributed by atoms with E-state index in [0.717, 1.165) is 30.0 Å². The normalized spacial score (nSPS) is 10.5. The van der Waals surface area contributed by atoms with Gasteiger partial charge in [0.15, 0.2) is 0 Å². The van der Waals surface area contributed by atoms with E-state index in [-0.39, 0.29) is 5.91 Å². The van der Waals surface area contributed by atoms with E-state index >= 15 is 0 Å². The Morgan fingerprint density at radius 3 is 2.38 bits per heavy atom. The van der Waals surface area contributed by atoms with E-state index in [1.54, 1.807) is 0 Å². The van der Waals surface area contributed by atoms with Gasteiger partial charge in [0.25, 0.3) is 0 Å². The largest absolute Gasteiger partial charge is 0.489 e. The lowest BCUT2D eigenvalue weighted by molar-refractivity contribution is -0.115. The maximum absolute atomic E-state index is 11.9. The molecule has 1 amide bonds. The standard InChI is InChI=1S/C22H30N2O2/c1-2-3-4-5-9-16-23-17-22(25)24-20-12-14-21(15-13-20)26-18-19-10-7-6-8-11-19/h6-8,10-15,23H,2-5,9,16-18H2,1H3,(H,24,25). The van der Waals surface area contributed by atoms with E-state index in [2.05, 4.69) is 17.6 Å². The highest BCUT2D eigenvalue weighted by Crippen LogP contribution is 2.17. The Morgan fingerprint density at radius 2 is 1.65 bits per heavy atom. The van der Waals surface area contributed by atoms with Gasteiger partial charge < -0.3 is 15.4 Å². The molecule has 2 N–H and O–H groups in total. The number of amides is 1. The number of carbonyl (C=O) groups excluding carboxylic acids is 1. The quantitative estimate of drug-likeness (QED) is 0.540. The fourth-order valence-corrected chi connectivity index (χ4v) is 2.64. The molecule has 0 aromatic heterocycles. The lowest BCUT2D eigenvalue weighted by Gasteiger charge is -2.09. The van der Waals surface area contributed by atoms with Gasteiger partial charge in [-0.2, -0.15) is 0 Å². The summed E-state index contributed by atoms with van der Waals surface area (Å²) in [6.07, 6.45) is 6.19. The highest BCUT2D eigenvalue weighted by atomic mass is 16.5. The molecule has 0 atom stereocenters. The van der Waals surface area contributed by atoms with Crippen LogP contribution in [0.1, 0.15) is 44.6 Å². The molecule has 26 heavy (non-hydrogen) atoms. The van der Waals surface area contributed by atoms with E-state index < -0.39 is 0 Å². The number of benzene rings is 2. The summed E-state index contributed by atoms with van der Waals surface area (Å²) in [6.45, 7) is 3.99. The average Bonchev–Trinajstić information content (AvgIpc) is 2.67. The number of hydrogen-bond acceptors (Lipinski definition) is 3. The van der Waals surface area contributed by atoms with E-state index in [0.29, 0.717) is 13.2 Å². The first kappa shape index (κ1) is 20.0. The summed E-state index contributed by atoms with van der Waals surface area (Å²) >= 11 is 0. The molecule has 4 nitrogen and oxygen atoms in total. The van der Waals surface area contributed by atoms with Gasteiger partial charge in [-0.05, 0) is 42.8 Å². The van der Waals surface area contributed by atoms with Crippen LogP contribution in [0.25, 0.3) is 0 Å². The van der Waals surface area contributed by atoms with Gasteiger partial charge in [-0.25, -0.2) is 0 Å². The molecule has 0 saturated heterocycles. The van der Waals surface area contributed by atoms with Crippen LogP contribution in [-0.2, 0) is 11.4 Å². The first-order valence-corrected chi connectivity index (χ1v) is 9.55. The van der Waals surface area contributed by atoms with Gasteiger partial charge in [0.1, 0.15) is 12.4 Å². The van der Waals surface area contributed by atoms with E-state index in [4.69, 9.17) is 4.74 Å². The molecule has 0 aliphatic heterocycles. The van der Waals surface area contributed by atoms with Crippen molar-refractivity contribution in [3.63, 3.8) is 0 Å². The summed E-state index contributed by atoms with van der Waals surface area (Å²) in [5, 5.41) is 6.09. The lowest BCUT2D eigenvalue weighted by Crippen LogP contribution is -2.28. The van der Waals surface area contributed by atoms with Gasteiger partial charge in [-0.15, -0.1) is 0 Å². The molecule has 0 spiro atoms. The maximum atomic E-state index is 11.9. The van der Waals surface area contributed by atoms with Crippen molar-refractivity contribution in [2.24, 2.45) is 0 Å². The van der Waals surface area contributed by atoms with Crippen molar-refractivity contribution in [1.82, 2.24) is 5.32 Å². The molecule has 0 fully saturated rings. The molecule has 0 heterocycles. The van der Waals surface area contributed by atoms with Crippen LogP contribution >= 0.6 is 0 Å². The van der Waals surface area contributed by atoms with Gasteiger partial charge in [-0.3, -0.25) is 4.79 Å². The molecule has 2 rings (SSSR count). The third-order valence-electron chi connectivity index (χ3n) is 4.13. The molecule has 0 radical (unpaired) electrons. The van der Waals surface area contributed by atoms with Gasteiger partial charge in [-0.1, -0.05) is 62.9 Å². The predicted octanol–water partition coefficient (Wildman–Crippen LogP) is 4.76.